The average Bonchev–Trinajstić information content (AvgIpc) is 2.30. The van der Waals surface area contributed by atoms with Crippen LogP contribution in [0.5, 0.6) is 0 Å². The Labute approximate surface area is 110 Å². The fourth-order valence-corrected chi connectivity index (χ4v) is 1.67. The molecule has 0 aromatic rings. The van der Waals surface area contributed by atoms with Gasteiger partial charge in [-0.2, -0.15) is 0 Å². The first-order valence-electron chi connectivity index (χ1n) is 6.78. The second kappa shape index (κ2) is 9.88. The van der Waals surface area contributed by atoms with Gasteiger partial charge in [0.05, 0.1) is 6.54 Å². The van der Waals surface area contributed by atoms with E-state index in [-0.39, 0.29) is 24.4 Å². The maximum atomic E-state index is 11.9. The van der Waals surface area contributed by atoms with Gasteiger partial charge in [-0.15, -0.1) is 0 Å². The van der Waals surface area contributed by atoms with Crippen molar-refractivity contribution in [1.29, 1.82) is 0 Å². The lowest BCUT2D eigenvalue weighted by Gasteiger charge is -2.21. The fourth-order valence-electron chi connectivity index (χ4n) is 1.67. The molecule has 0 bridgehead atoms. The van der Waals surface area contributed by atoms with Crippen molar-refractivity contribution in [3.05, 3.63) is 0 Å². The van der Waals surface area contributed by atoms with Crippen LogP contribution >= 0.6 is 0 Å². The number of carbonyl (C=O) groups is 2. The summed E-state index contributed by atoms with van der Waals surface area (Å²) in [6.45, 7) is 7.10. The molecule has 0 saturated carbocycles. The molecule has 5 heteroatoms. The van der Waals surface area contributed by atoms with Gasteiger partial charge >= 0.3 is 0 Å². The van der Waals surface area contributed by atoms with Gasteiger partial charge < -0.3 is 16.0 Å². The molecule has 0 fully saturated rings. The van der Waals surface area contributed by atoms with Crippen LogP contribution in [0.25, 0.3) is 0 Å². The number of hydrogen-bond acceptors (Lipinski definition) is 3. The molecule has 18 heavy (non-hydrogen) atoms. The normalized spacial score (nSPS) is 10.5. The van der Waals surface area contributed by atoms with E-state index in [9.17, 15) is 9.59 Å². The predicted octanol–water partition coefficient (Wildman–Crippen LogP) is 0.879. The molecule has 5 nitrogen and oxygen atoms in total. The molecule has 0 aliphatic carbocycles. The fraction of sp³-hybridized carbons (Fsp3) is 0.846. The molecule has 2 amide bonds. The number of hydrogen-bond donors (Lipinski definition) is 2. The minimum atomic E-state index is -0.0952. The molecule has 0 spiro atoms. The molecule has 0 atom stereocenters. The van der Waals surface area contributed by atoms with E-state index in [1.807, 2.05) is 20.8 Å². The van der Waals surface area contributed by atoms with Gasteiger partial charge in [-0.1, -0.05) is 6.42 Å². The molecule has 0 unspecified atom stereocenters. The summed E-state index contributed by atoms with van der Waals surface area (Å²) >= 11 is 0. The number of nitrogens with one attached hydrogen (secondary N) is 1. The molecular formula is C13H27N3O2. The number of carbonyl (C=O) groups excluding carboxylic acids is 2. The largest absolute Gasteiger partial charge is 0.352 e. The molecular weight excluding hydrogens is 230 g/mol. The Hall–Kier alpha value is -1.10. The zero-order valence-electron chi connectivity index (χ0n) is 11.9. The first-order chi connectivity index (χ1) is 8.51. The Morgan fingerprint density at radius 2 is 1.89 bits per heavy atom. The Kier molecular flexibility index (Phi) is 9.28. The molecule has 3 N–H and O–H groups in total. The summed E-state index contributed by atoms with van der Waals surface area (Å²) in [5.41, 5.74) is 5.40. The summed E-state index contributed by atoms with van der Waals surface area (Å²) in [6.07, 6.45) is 3.27. The Morgan fingerprint density at radius 1 is 1.22 bits per heavy atom. The minimum absolute atomic E-state index is 0.0495. The van der Waals surface area contributed by atoms with Crippen molar-refractivity contribution in [2.45, 2.75) is 52.5 Å². The van der Waals surface area contributed by atoms with E-state index >= 15 is 0 Å². The third-order valence-electron chi connectivity index (χ3n) is 2.61. The molecule has 0 aliphatic rings. The average molecular weight is 257 g/mol. The van der Waals surface area contributed by atoms with Crippen LogP contribution in [0.1, 0.15) is 46.5 Å². The predicted molar refractivity (Wildman–Crippen MR) is 73.1 cm³/mol. The molecule has 106 valence electrons. The summed E-state index contributed by atoms with van der Waals surface area (Å²) in [5.74, 6) is -0.0458. The Balaban J connectivity index is 3.99. The van der Waals surface area contributed by atoms with E-state index in [0.717, 1.165) is 19.3 Å². The van der Waals surface area contributed by atoms with E-state index in [1.165, 1.54) is 0 Å². The van der Waals surface area contributed by atoms with Crippen LogP contribution in [0.4, 0.5) is 0 Å². The Morgan fingerprint density at radius 3 is 2.39 bits per heavy atom. The summed E-state index contributed by atoms with van der Waals surface area (Å²) < 4.78 is 0. The van der Waals surface area contributed by atoms with E-state index in [0.29, 0.717) is 19.5 Å². The van der Waals surface area contributed by atoms with Crippen molar-refractivity contribution < 1.29 is 9.59 Å². The lowest BCUT2D eigenvalue weighted by atomic mass is 10.2. The highest BCUT2D eigenvalue weighted by atomic mass is 16.2. The van der Waals surface area contributed by atoms with Crippen LogP contribution in [-0.4, -0.2) is 42.4 Å². The van der Waals surface area contributed by atoms with Crippen molar-refractivity contribution >= 4 is 11.8 Å². The number of unbranched alkanes of at least 4 members (excludes halogenated alkanes) is 2. The monoisotopic (exact) mass is 257 g/mol. The molecule has 0 radical (unpaired) electrons. The van der Waals surface area contributed by atoms with Gasteiger partial charge in [-0.3, -0.25) is 9.59 Å². The lowest BCUT2D eigenvalue weighted by Crippen LogP contribution is -2.42. The van der Waals surface area contributed by atoms with Gasteiger partial charge in [0.1, 0.15) is 0 Å². The van der Waals surface area contributed by atoms with Crippen molar-refractivity contribution in [3.63, 3.8) is 0 Å². The molecule has 0 aromatic carbocycles. The number of likely N-dealkylation sites (N-methyl/N-ethyl adjacent to an activating group) is 1. The topological polar surface area (TPSA) is 75.4 Å². The second-order valence-corrected chi connectivity index (χ2v) is 4.73. The summed E-state index contributed by atoms with van der Waals surface area (Å²) in [6, 6.07) is 0.107. The van der Waals surface area contributed by atoms with Crippen molar-refractivity contribution in [1.82, 2.24) is 10.2 Å². The summed E-state index contributed by atoms with van der Waals surface area (Å²) in [7, 11) is 0. The van der Waals surface area contributed by atoms with Crippen LogP contribution in [-0.2, 0) is 9.59 Å². The van der Waals surface area contributed by atoms with Crippen LogP contribution in [0.2, 0.25) is 0 Å². The zero-order valence-corrected chi connectivity index (χ0v) is 11.9. The molecule has 0 heterocycles. The molecule has 0 aliphatic heterocycles. The van der Waals surface area contributed by atoms with Gasteiger partial charge in [0.2, 0.25) is 11.8 Å². The highest BCUT2D eigenvalue weighted by molar-refractivity contribution is 5.84. The number of nitrogens with two attached hydrogens (primary N) is 1. The van der Waals surface area contributed by atoms with Crippen molar-refractivity contribution in [2.75, 3.05) is 19.6 Å². The SMILES string of the molecule is CCN(CC(=O)NC(C)C)C(=O)CCCCCN. The van der Waals surface area contributed by atoms with Gasteiger partial charge in [0, 0.05) is 19.0 Å². The van der Waals surface area contributed by atoms with Crippen molar-refractivity contribution in [2.24, 2.45) is 5.73 Å². The van der Waals surface area contributed by atoms with Crippen molar-refractivity contribution in [3.8, 4) is 0 Å². The van der Waals surface area contributed by atoms with Crippen LogP contribution in [0.3, 0.4) is 0 Å². The summed E-state index contributed by atoms with van der Waals surface area (Å²) in [4.78, 5) is 25.1. The van der Waals surface area contributed by atoms with Gasteiger partial charge in [-0.25, -0.2) is 0 Å². The lowest BCUT2D eigenvalue weighted by molar-refractivity contribution is -0.136. The Bertz CT molecular complexity index is 255. The van der Waals surface area contributed by atoms with Gasteiger partial charge in [0.25, 0.3) is 0 Å². The van der Waals surface area contributed by atoms with Gasteiger partial charge in [0.15, 0.2) is 0 Å². The molecule has 0 rings (SSSR count). The third-order valence-corrected chi connectivity index (χ3v) is 2.61. The first-order valence-corrected chi connectivity index (χ1v) is 6.78. The van der Waals surface area contributed by atoms with E-state index in [2.05, 4.69) is 5.32 Å². The van der Waals surface area contributed by atoms with Crippen LogP contribution in [0.15, 0.2) is 0 Å². The molecule has 0 aromatic heterocycles. The number of nitrogens with zero attached hydrogens (tertiary/aromatic N) is 1. The third kappa shape index (κ3) is 8.06. The standard InChI is InChI=1S/C13H27N3O2/c1-4-16(10-12(17)15-11(2)3)13(18)8-6-5-7-9-14/h11H,4-10,14H2,1-3H3,(H,15,17). The van der Waals surface area contributed by atoms with Crippen LogP contribution < -0.4 is 11.1 Å². The highest BCUT2D eigenvalue weighted by Gasteiger charge is 2.15. The summed E-state index contributed by atoms with van der Waals surface area (Å²) in [5, 5.41) is 2.79. The second-order valence-electron chi connectivity index (χ2n) is 4.73. The highest BCUT2D eigenvalue weighted by Crippen LogP contribution is 2.03. The zero-order chi connectivity index (χ0) is 14.0. The van der Waals surface area contributed by atoms with E-state index in [1.54, 1.807) is 4.90 Å². The van der Waals surface area contributed by atoms with E-state index in [4.69, 9.17) is 5.73 Å². The number of rotatable bonds is 9. The smallest absolute Gasteiger partial charge is 0.239 e. The van der Waals surface area contributed by atoms with Crippen LogP contribution in [0, 0.1) is 0 Å². The van der Waals surface area contributed by atoms with Gasteiger partial charge in [-0.05, 0) is 40.2 Å². The van der Waals surface area contributed by atoms with E-state index < -0.39 is 0 Å². The molecule has 0 saturated heterocycles. The maximum Gasteiger partial charge on any atom is 0.239 e. The first kappa shape index (κ1) is 16.9. The maximum absolute atomic E-state index is 11.9. The number of amides is 2. The quantitative estimate of drug-likeness (QED) is 0.602. The minimum Gasteiger partial charge on any atom is -0.352 e.